The molecule has 8 nitrogen and oxygen atoms in total. The normalized spacial score (nSPS) is 15.8. The zero-order valence-electron chi connectivity index (χ0n) is 16.3. The Morgan fingerprint density at radius 1 is 1.23 bits per heavy atom. The molecular weight excluding hydrogens is 406 g/mol. The van der Waals surface area contributed by atoms with Gasteiger partial charge in [-0.3, -0.25) is 14.3 Å². The highest BCUT2D eigenvalue weighted by atomic mass is 35.5. The molecule has 1 amide bonds. The number of aromatic nitrogens is 4. The minimum atomic E-state index is -0.191. The molecule has 2 aromatic heterocycles. The number of amides is 1. The first-order valence-electron chi connectivity index (χ1n) is 9.81. The summed E-state index contributed by atoms with van der Waals surface area (Å²) < 4.78 is 8.67. The van der Waals surface area contributed by atoms with E-state index in [0.29, 0.717) is 36.7 Å². The van der Waals surface area contributed by atoms with Crippen LogP contribution >= 0.6 is 11.6 Å². The second-order valence-corrected chi connectivity index (χ2v) is 7.64. The largest absolute Gasteiger partial charge is 0.484 e. The third-order valence-corrected chi connectivity index (χ3v) is 5.27. The highest BCUT2D eigenvalue weighted by Crippen LogP contribution is 2.16. The fourth-order valence-electron chi connectivity index (χ4n) is 3.49. The Balaban J connectivity index is 1.31. The van der Waals surface area contributed by atoms with Gasteiger partial charge in [-0.05, 0) is 48.7 Å². The lowest BCUT2D eigenvalue weighted by atomic mass is 10.1. The third-order valence-electron chi connectivity index (χ3n) is 5.02. The van der Waals surface area contributed by atoms with Crippen LogP contribution in [0.5, 0.6) is 5.75 Å². The zero-order chi connectivity index (χ0) is 20.9. The summed E-state index contributed by atoms with van der Waals surface area (Å²) in [4.78, 5) is 29.0. The van der Waals surface area contributed by atoms with Crippen LogP contribution in [-0.4, -0.2) is 37.9 Å². The number of benzene rings is 1. The van der Waals surface area contributed by atoms with E-state index >= 15 is 0 Å². The highest BCUT2D eigenvalue weighted by molar-refractivity contribution is 6.30. The molecule has 1 unspecified atom stereocenters. The Labute approximate surface area is 178 Å². The summed E-state index contributed by atoms with van der Waals surface area (Å²) in [7, 11) is 0. The molecule has 156 valence electrons. The van der Waals surface area contributed by atoms with E-state index in [9.17, 15) is 9.59 Å². The van der Waals surface area contributed by atoms with Crippen LogP contribution in [0.15, 0.2) is 53.6 Å². The first-order valence-corrected chi connectivity index (χ1v) is 10.2. The molecule has 1 aromatic carbocycles. The van der Waals surface area contributed by atoms with Crippen LogP contribution in [0.1, 0.15) is 24.2 Å². The van der Waals surface area contributed by atoms with Gasteiger partial charge in [-0.25, -0.2) is 9.48 Å². The molecule has 0 bridgehead atoms. The molecule has 30 heavy (non-hydrogen) atoms. The van der Waals surface area contributed by atoms with Gasteiger partial charge in [0.25, 0.3) is 5.91 Å². The fraction of sp³-hybridized carbons (Fsp3) is 0.333. The van der Waals surface area contributed by atoms with Gasteiger partial charge in [0.2, 0.25) is 0 Å². The monoisotopic (exact) mass is 427 g/mol. The molecule has 1 aliphatic rings. The van der Waals surface area contributed by atoms with Crippen LogP contribution in [0.3, 0.4) is 0 Å². The highest BCUT2D eigenvalue weighted by Gasteiger charge is 2.22. The standard InChI is InChI=1S/C21H22ClN5O3/c22-16-3-6-18(7-4-16)30-14-20(28)24-17-5-8-19-25-27(21(29)26(19)11-9-17)13-15-2-1-10-23-12-15/h1-4,6-7,10,12,17H,5,8-9,11,13-14H2,(H,24,28). The molecule has 1 N–H and O–H groups in total. The quantitative estimate of drug-likeness (QED) is 0.650. The maximum atomic E-state index is 12.7. The molecule has 0 spiro atoms. The van der Waals surface area contributed by atoms with E-state index in [1.165, 1.54) is 4.68 Å². The maximum Gasteiger partial charge on any atom is 0.346 e. The lowest BCUT2D eigenvalue weighted by Gasteiger charge is -2.16. The predicted octanol–water partition coefficient (Wildman–Crippen LogP) is 2.04. The Morgan fingerprint density at radius 3 is 2.83 bits per heavy atom. The molecule has 9 heteroatoms. The van der Waals surface area contributed by atoms with E-state index in [0.717, 1.165) is 17.8 Å². The van der Waals surface area contributed by atoms with Crippen molar-refractivity contribution in [1.29, 1.82) is 0 Å². The number of rotatable bonds is 6. The summed E-state index contributed by atoms with van der Waals surface area (Å²) in [6.45, 7) is 0.847. The SMILES string of the molecule is O=C(COc1ccc(Cl)cc1)NC1CCc2nn(Cc3cccnc3)c(=O)n2CC1. The van der Waals surface area contributed by atoms with Gasteiger partial charge in [0, 0.05) is 36.4 Å². The lowest BCUT2D eigenvalue weighted by Crippen LogP contribution is -2.38. The van der Waals surface area contributed by atoms with Crippen LogP contribution in [0.4, 0.5) is 0 Å². The first-order chi connectivity index (χ1) is 14.6. The van der Waals surface area contributed by atoms with Crippen molar-refractivity contribution >= 4 is 17.5 Å². The number of carbonyl (C=O) groups excluding carboxylic acids is 1. The van der Waals surface area contributed by atoms with Crippen LogP contribution < -0.4 is 15.7 Å². The number of hydrogen-bond acceptors (Lipinski definition) is 5. The van der Waals surface area contributed by atoms with E-state index in [4.69, 9.17) is 16.3 Å². The van der Waals surface area contributed by atoms with Gasteiger partial charge in [0.15, 0.2) is 6.61 Å². The second kappa shape index (κ2) is 9.13. The van der Waals surface area contributed by atoms with Crippen LogP contribution in [-0.2, 0) is 24.3 Å². The average molecular weight is 428 g/mol. The van der Waals surface area contributed by atoms with Gasteiger partial charge in [-0.1, -0.05) is 17.7 Å². The number of nitrogens with one attached hydrogen (secondary N) is 1. The molecular formula is C21H22ClN5O3. The Kier molecular flexibility index (Phi) is 6.13. The first kappa shape index (κ1) is 20.2. The van der Waals surface area contributed by atoms with Gasteiger partial charge in [-0.2, -0.15) is 5.10 Å². The third kappa shape index (κ3) is 4.88. The molecule has 1 aliphatic heterocycles. The average Bonchev–Trinajstić information content (AvgIpc) is 2.91. The number of fused-ring (bicyclic) bond motifs is 1. The number of halogens is 1. The summed E-state index contributed by atoms with van der Waals surface area (Å²) in [5, 5.41) is 8.10. The summed E-state index contributed by atoms with van der Waals surface area (Å²) in [5.41, 5.74) is 0.797. The molecule has 1 atom stereocenters. The maximum absolute atomic E-state index is 12.7. The van der Waals surface area contributed by atoms with Gasteiger partial charge in [0.1, 0.15) is 11.6 Å². The van der Waals surface area contributed by atoms with E-state index in [2.05, 4.69) is 15.4 Å². The Bertz CT molecular complexity index is 1060. The molecule has 0 fully saturated rings. The topological polar surface area (TPSA) is 91.0 Å². The summed E-state index contributed by atoms with van der Waals surface area (Å²) in [5.74, 6) is 1.14. The smallest absolute Gasteiger partial charge is 0.346 e. The fourth-order valence-corrected chi connectivity index (χ4v) is 3.62. The number of carbonyl (C=O) groups is 1. The van der Waals surface area contributed by atoms with Crippen LogP contribution in [0.2, 0.25) is 5.02 Å². The number of pyridine rings is 1. The Hall–Kier alpha value is -3.13. The van der Waals surface area contributed by atoms with Gasteiger partial charge < -0.3 is 10.1 Å². The predicted molar refractivity (Wildman–Crippen MR) is 112 cm³/mol. The Morgan fingerprint density at radius 2 is 2.07 bits per heavy atom. The second-order valence-electron chi connectivity index (χ2n) is 7.20. The molecule has 0 radical (unpaired) electrons. The number of ether oxygens (including phenoxy) is 1. The van der Waals surface area contributed by atoms with Crippen molar-refractivity contribution in [1.82, 2.24) is 24.6 Å². The van der Waals surface area contributed by atoms with E-state index in [1.807, 2.05) is 12.1 Å². The molecule has 0 saturated heterocycles. The van der Waals surface area contributed by atoms with Crippen molar-refractivity contribution in [2.75, 3.05) is 6.61 Å². The summed E-state index contributed by atoms with van der Waals surface area (Å²) in [6, 6.07) is 10.6. The number of nitrogens with zero attached hydrogens (tertiary/aromatic N) is 4. The van der Waals surface area contributed by atoms with Crippen molar-refractivity contribution in [3.63, 3.8) is 0 Å². The van der Waals surface area contributed by atoms with Gasteiger partial charge in [0.05, 0.1) is 6.54 Å². The number of aryl methyl sites for hydroxylation is 1. The number of hydrogen-bond donors (Lipinski definition) is 1. The van der Waals surface area contributed by atoms with Crippen molar-refractivity contribution in [3.8, 4) is 5.75 Å². The summed E-state index contributed by atoms with van der Waals surface area (Å²) in [6.07, 6.45) is 5.44. The van der Waals surface area contributed by atoms with Crippen molar-refractivity contribution in [2.45, 2.75) is 38.4 Å². The molecule has 3 aromatic rings. The lowest BCUT2D eigenvalue weighted by molar-refractivity contribution is -0.123. The minimum absolute atomic E-state index is 0.0285. The molecule has 3 heterocycles. The van der Waals surface area contributed by atoms with Crippen molar-refractivity contribution in [3.05, 3.63) is 75.7 Å². The van der Waals surface area contributed by atoms with Crippen LogP contribution in [0.25, 0.3) is 0 Å². The molecule has 0 aliphatic carbocycles. The van der Waals surface area contributed by atoms with Crippen LogP contribution in [0, 0.1) is 0 Å². The van der Waals surface area contributed by atoms with Gasteiger partial charge >= 0.3 is 5.69 Å². The minimum Gasteiger partial charge on any atom is -0.484 e. The van der Waals surface area contributed by atoms with E-state index < -0.39 is 0 Å². The molecule has 0 saturated carbocycles. The van der Waals surface area contributed by atoms with E-state index in [1.54, 1.807) is 41.2 Å². The zero-order valence-corrected chi connectivity index (χ0v) is 17.1. The summed E-state index contributed by atoms with van der Waals surface area (Å²) >= 11 is 5.84. The van der Waals surface area contributed by atoms with Gasteiger partial charge in [-0.15, -0.1) is 0 Å². The van der Waals surface area contributed by atoms with Crippen molar-refractivity contribution < 1.29 is 9.53 Å². The van der Waals surface area contributed by atoms with Crippen molar-refractivity contribution in [2.24, 2.45) is 0 Å². The van der Waals surface area contributed by atoms with E-state index in [-0.39, 0.29) is 24.2 Å². The molecule has 4 rings (SSSR count).